The number of hydrogen-bond donors (Lipinski definition) is 2. The Morgan fingerprint density at radius 1 is 1.07 bits per heavy atom. The first-order chi connectivity index (χ1) is 14.2. The fourth-order valence-electron chi connectivity index (χ4n) is 4.33. The first kappa shape index (κ1) is 21.6. The predicted octanol–water partition coefficient (Wildman–Crippen LogP) is 3.96. The van der Waals surface area contributed by atoms with Gasteiger partial charge < -0.3 is 20.3 Å². The minimum atomic E-state index is -0.0876. The van der Waals surface area contributed by atoms with Crippen LogP contribution in [0.15, 0.2) is 18.2 Å². The lowest BCUT2D eigenvalue weighted by atomic mass is 9.88. The van der Waals surface area contributed by atoms with E-state index in [-0.39, 0.29) is 17.7 Å². The van der Waals surface area contributed by atoms with Gasteiger partial charge in [-0.05, 0) is 56.7 Å². The molecule has 0 bridgehead atoms. The molecule has 6 nitrogen and oxygen atoms in total. The second kappa shape index (κ2) is 11.2. The molecule has 0 aromatic heterocycles. The van der Waals surface area contributed by atoms with Crippen molar-refractivity contribution in [2.45, 2.75) is 57.8 Å². The molecule has 2 amide bonds. The lowest BCUT2D eigenvalue weighted by molar-refractivity contribution is -0.120. The van der Waals surface area contributed by atoms with Gasteiger partial charge in [0, 0.05) is 50.6 Å². The minimum Gasteiger partial charge on any atom is -0.385 e. The largest absolute Gasteiger partial charge is 0.385 e. The summed E-state index contributed by atoms with van der Waals surface area (Å²) < 4.78 is 5.06. The maximum Gasteiger partial charge on any atom is 0.253 e. The van der Waals surface area contributed by atoms with Gasteiger partial charge in [-0.1, -0.05) is 19.3 Å². The van der Waals surface area contributed by atoms with Gasteiger partial charge in [0.05, 0.1) is 5.56 Å². The highest BCUT2D eigenvalue weighted by Gasteiger charge is 2.23. The Kier molecular flexibility index (Phi) is 8.35. The molecule has 1 saturated carbocycles. The van der Waals surface area contributed by atoms with Crippen LogP contribution >= 0.6 is 0 Å². The zero-order chi connectivity index (χ0) is 20.5. The average molecular weight is 402 g/mol. The third kappa shape index (κ3) is 6.20. The molecule has 0 spiro atoms. The Bertz CT molecular complexity index is 680. The molecule has 29 heavy (non-hydrogen) atoms. The van der Waals surface area contributed by atoms with Gasteiger partial charge >= 0.3 is 0 Å². The van der Waals surface area contributed by atoms with E-state index in [1.165, 1.54) is 12.8 Å². The molecule has 2 aliphatic rings. The highest BCUT2D eigenvalue weighted by atomic mass is 16.5. The van der Waals surface area contributed by atoms with Crippen molar-refractivity contribution in [2.75, 3.05) is 43.6 Å². The summed E-state index contributed by atoms with van der Waals surface area (Å²) in [6, 6.07) is 5.77. The Morgan fingerprint density at radius 3 is 2.52 bits per heavy atom. The van der Waals surface area contributed by atoms with Crippen LogP contribution in [0, 0.1) is 5.92 Å². The summed E-state index contributed by atoms with van der Waals surface area (Å²) in [7, 11) is 1.66. The molecule has 0 unspecified atom stereocenters. The van der Waals surface area contributed by atoms with E-state index in [4.69, 9.17) is 4.74 Å². The quantitative estimate of drug-likeness (QED) is 0.647. The SMILES string of the molecule is COCCCNC(=O)c1cc(NC(=O)C2CCCCC2)ccc1N1CCCCC1. The fraction of sp³-hybridized carbons (Fsp3) is 0.652. The number of nitrogens with one attached hydrogen (secondary N) is 2. The molecule has 1 aliphatic carbocycles. The minimum absolute atomic E-state index is 0.0851. The van der Waals surface area contributed by atoms with Crippen LogP contribution in [0.25, 0.3) is 0 Å². The molecule has 2 fully saturated rings. The second-order valence-electron chi connectivity index (χ2n) is 8.21. The fourth-order valence-corrected chi connectivity index (χ4v) is 4.33. The van der Waals surface area contributed by atoms with E-state index in [9.17, 15) is 9.59 Å². The topological polar surface area (TPSA) is 70.7 Å². The summed E-state index contributed by atoms with van der Waals surface area (Å²) in [6.45, 7) is 3.14. The van der Waals surface area contributed by atoms with E-state index in [0.29, 0.717) is 24.4 Å². The van der Waals surface area contributed by atoms with Crippen molar-refractivity contribution < 1.29 is 14.3 Å². The summed E-state index contributed by atoms with van der Waals surface area (Å²) in [4.78, 5) is 27.9. The summed E-state index contributed by atoms with van der Waals surface area (Å²) in [5, 5.41) is 6.05. The van der Waals surface area contributed by atoms with E-state index in [1.807, 2.05) is 18.2 Å². The van der Waals surface area contributed by atoms with Crippen LogP contribution in [0.5, 0.6) is 0 Å². The molecule has 0 atom stereocenters. The van der Waals surface area contributed by atoms with Crippen molar-refractivity contribution in [3.8, 4) is 0 Å². The van der Waals surface area contributed by atoms with Crippen LogP contribution in [0.1, 0.15) is 68.1 Å². The van der Waals surface area contributed by atoms with Gasteiger partial charge in [0.15, 0.2) is 0 Å². The Labute approximate surface area is 174 Å². The van der Waals surface area contributed by atoms with Gasteiger partial charge in [-0.15, -0.1) is 0 Å². The highest BCUT2D eigenvalue weighted by molar-refractivity contribution is 6.02. The molecule has 3 rings (SSSR count). The number of carbonyl (C=O) groups excluding carboxylic acids is 2. The molecule has 2 N–H and O–H groups in total. The molecule has 0 radical (unpaired) electrons. The van der Waals surface area contributed by atoms with Crippen LogP contribution in [-0.4, -0.2) is 45.2 Å². The summed E-state index contributed by atoms with van der Waals surface area (Å²) >= 11 is 0. The number of ether oxygens (including phenoxy) is 1. The third-order valence-corrected chi connectivity index (χ3v) is 5.99. The monoisotopic (exact) mass is 401 g/mol. The van der Waals surface area contributed by atoms with Crippen molar-refractivity contribution in [3.63, 3.8) is 0 Å². The smallest absolute Gasteiger partial charge is 0.253 e. The van der Waals surface area contributed by atoms with Crippen LogP contribution in [0.3, 0.4) is 0 Å². The van der Waals surface area contributed by atoms with E-state index < -0.39 is 0 Å². The summed E-state index contributed by atoms with van der Waals surface area (Å²) in [5.74, 6) is 0.0918. The zero-order valence-electron chi connectivity index (χ0n) is 17.7. The molecule has 1 aromatic rings. The van der Waals surface area contributed by atoms with Crippen LogP contribution < -0.4 is 15.5 Å². The van der Waals surface area contributed by atoms with Crippen LogP contribution in [-0.2, 0) is 9.53 Å². The van der Waals surface area contributed by atoms with E-state index >= 15 is 0 Å². The van der Waals surface area contributed by atoms with Gasteiger partial charge in [-0.3, -0.25) is 9.59 Å². The molecular weight excluding hydrogens is 366 g/mol. The molecule has 6 heteroatoms. The molecule has 1 heterocycles. The number of amides is 2. The van der Waals surface area contributed by atoms with Crippen molar-refractivity contribution in [2.24, 2.45) is 5.92 Å². The van der Waals surface area contributed by atoms with Crippen molar-refractivity contribution in [1.29, 1.82) is 0 Å². The highest BCUT2D eigenvalue weighted by Crippen LogP contribution is 2.29. The van der Waals surface area contributed by atoms with Crippen molar-refractivity contribution in [1.82, 2.24) is 5.32 Å². The second-order valence-corrected chi connectivity index (χ2v) is 8.21. The zero-order valence-corrected chi connectivity index (χ0v) is 17.7. The van der Waals surface area contributed by atoms with Crippen molar-refractivity contribution >= 4 is 23.2 Å². The number of carbonyl (C=O) groups is 2. The number of anilines is 2. The first-order valence-electron chi connectivity index (χ1n) is 11.2. The van der Waals surface area contributed by atoms with Gasteiger partial charge in [0.25, 0.3) is 5.91 Å². The predicted molar refractivity (Wildman–Crippen MR) is 117 cm³/mol. The Hall–Kier alpha value is -2.08. The normalized spacial score (nSPS) is 17.8. The molecular formula is C23H35N3O3. The number of nitrogens with zero attached hydrogens (tertiary/aromatic N) is 1. The number of hydrogen-bond acceptors (Lipinski definition) is 4. The summed E-state index contributed by atoms with van der Waals surface area (Å²) in [5.41, 5.74) is 2.32. The molecule has 1 saturated heterocycles. The number of methoxy groups -OCH3 is 1. The van der Waals surface area contributed by atoms with Crippen LogP contribution in [0.4, 0.5) is 11.4 Å². The molecule has 1 aromatic carbocycles. The van der Waals surface area contributed by atoms with Gasteiger partial charge in [0.2, 0.25) is 5.91 Å². The van der Waals surface area contributed by atoms with Crippen LogP contribution in [0.2, 0.25) is 0 Å². The maximum atomic E-state index is 12.9. The Balaban J connectivity index is 1.74. The standard InChI is InChI=1S/C23H35N3O3/c1-29-16-8-13-24-23(28)20-17-19(25-22(27)18-9-4-2-5-10-18)11-12-21(20)26-14-6-3-7-15-26/h11-12,17-18H,2-10,13-16H2,1H3,(H,24,28)(H,25,27). The first-order valence-corrected chi connectivity index (χ1v) is 11.2. The average Bonchev–Trinajstić information content (AvgIpc) is 2.77. The number of rotatable bonds is 8. The van der Waals surface area contributed by atoms with Gasteiger partial charge in [0.1, 0.15) is 0 Å². The third-order valence-electron chi connectivity index (χ3n) is 5.99. The van der Waals surface area contributed by atoms with Crippen molar-refractivity contribution in [3.05, 3.63) is 23.8 Å². The van der Waals surface area contributed by atoms with E-state index in [1.54, 1.807) is 7.11 Å². The van der Waals surface area contributed by atoms with Gasteiger partial charge in [-0.2, -0.15) is 0 Å². The van der Waals surface area contributed by atoms with E-state index in [0.717, 1.165) is 63.7 Å². The number of benzene rings is 1. The lowest BCUT2D eigenvalue weighted by Crippen LogP contribution is -2.33. The Morgan fingerprint density at radius 2 is 1.79 bits per heavy atom. The molecule has 1 aliphatic heterocycles. The summed E-state index contributed by atoms with van der Waals surface area (Å²) in [6.07, 6.45) is 9.72. The van der Waals surface area contributed by atoms with Gasteiger partial charge in [-0.25, -0.2) is 0 Å². The molecule has 160 valence electrons. The number of piperidine rings is 1. The maximum absolute atomic E-state index is 12.9. The van der Waals surface area contributed by atoms with E-state index in [2.05, 4.69) is 15.5 Å². The lowest BCUT2D eigenvalue weighted by Gasteiger charge is -2.30.